The summed E-state index contributed by atoms with van der Waals surface area (Å²) in [6.45, 7) is 7.58. The van der Waals surface area contributed by atoms with Gasteiger partial charge in [0, 0.05) is 19.1 Å². The molecule has 0 aromatic carbocycles. The number of rotatable bonds is 7. The SMILES string of the molecule is CCC(C#N)C(=O)NCCN(C)C(C)CC. The van der Waals surface area contributed by atoms with Crippen LogP contribution in [-0.2, 0) is 4.79 Å². The fraction of sp³-hybridized carbons (Fsp3) is 0.833. The number of nitriles is 1. The van der Waals surface area contributed by atoms with Crippen molar-refractivity contribution in [2.45, 2.75) is 39.7 Å². The molecule has 16 heavy (non-hydrogen) atoms. The second-order valence-electron chi connectivity index (χ2n) is 4.12. The maximum Gasteiger partial charge on any atom is 0.237 e. The largest absolute Gasteiger partial charge is 0.354 e. The van der Waals surface area contributed by atoms with E-state index in [1.165, 1.54) is 0 Å². The molecule has 2 atom stereocenters. The lowest BCUT2D eigenvalue weighted by Gasteiger charge is -2.23. The summed E-state index contributed by atoms with van der Waals surface area (Å²) < 4.78 is 0. The second-order valence-corrected chi connectivity index (χ2v) is 4.12. The highest BCUT2D eigenvalue weighted by atomic mass is 16.1. The van der Waals surface area contributed by atoms with E-state index in [0.29, 0.717) is 19.0 Å². The molecule has 0 aromatic heterocycles. The van der Waals surface area contributed by atoms with Gasteiger partial charge in [0.1, 0.15) is 5.92 Å². The standard InChI is InChI=1S/C12H23N3O/c1-5-10(3)15(4)8-7-14-12(16)11(6-2)9-13/h10-11H,5-8H2,1-4H3,(H,14,16). The van der Waals surface area contributed by atoms with Gasteiger partial charge in [-0.1, -0.05) is 13.8 Å². The van der Waals surface area contributed by atoms with Crippen LogP contribution in [0.4, 0.5) is 0 Å². The molecule has 0 radical (unpaired) electrons. The van der Waals surface area contributed by atoms with Crippen molar-refractivity contribution in [1.29, 1.82) is 5.26 Å². The first-order valence-electron chi connectivity index (χ1n) is 5.94. The summed E-state index contributed by atoms with van der Waals surface area (Å²) in [5, 5.41) is 11.5. The second kappa shape index (κ2) is 8.12. The molecule has 0 saturated carbocycles. The van der Waals surface area contributed by atoms with Crippen molar-refractivity contribution in [1.82, 2.24) is 10.2 Å². The minimum atomic E-state index is -0.506. The first kappa shape index (κ1) is 14.9. The Labute approximate surface area is 98.6 Å². The molecule has 0 rings (SSSR count). The highest BCUT2D eigenvalue weighted by Gasteiger charge is 2.14. The van der Waals surface area contributed by atoms with Gasteiger partial charge in [-0.05, 0) is 26.8 Å². The molecular weight excluding hydrogens is 202 g/mol. The van der Waals surface area contributed by atoms with Gasteiger partial charge in [-0.3, -0.25) is 4.79 Å². The number of hydrogen-bond acceptors (Lipinski definition) is 3. The van der Waals surface area contributed by atoms with Gasteiger partial charge in [0.2, 0.25) is 5.91 Å². The molecule has 0 aromatic rings. The van der Waals surface area contributed by atoms with Crippen molar-refractivity contribution >= 4 is 5.91 Å². The van der Waals surface area contributed by atoms with E-state index in [4.69, 9.17) is 5.26 Å². The lowest BCUT2D eigenvalue weighted by atomic mass is 10.1. The maximum atomic E-state index is 11.5. The number of nitrogens with zero attached hydrogens (tertiary/aromatic N) is 2. The third kappa shape index (κ3) is 5.13. The molecule has 0 bridgehead atoms. The molecule has 0 fully saturated rings. The molecule has 0 spiro atoms. The van der Waals surface area contributed by atoms with Crippen LogP contribution in [0.15, 0.2) is 0 Å². The fourth-order valence-corrected chi connectivity index (χ4v) is 1.35. The van der Waals surface area contributed by atoms with Crippen LogP contribution in [-0.4, -0.2) is 37.0 Å². The van der Waals surface area contributed by atoms with Crippen molar-refractivity contribution in [3.8, 4) is 6.07 Å². The highest BCUT2D eigenvalue weighted by molar-refractivity contribution is 5.80. The van der Waals surface area contributed by atoms with Gasteiger partial charge in [0.15, 0.2) is 0 Å². The number of likely N-dealkylation sites (N-methyl/N-ethyl adjacent to an activating group) is 1. The molecule has 2 unspecified atom stereocenters. The van der Waals surface area contributed by atoms with E-state index in [0.717, 1.165) is 13.0 Å². The number of nitrogens with one attached hydrogen (secondary N) is 1. The minimum Gasteiger partial charge on any atom is -0.354 e. The van der Waals surface area contributed by atoms with Crippen LogP contribution in [0.25, 0.3) is 0 Å². The van der Waals surface area contributed by atoms with Gasteiger partial charge in [-0.25, -0.2) is 0 Å². The zero-order valence-electron chi connectivity index (χ0n) is 10.8. The van der Waals surface area contributed by atoms with E-state index in [9.17, 15) is 4.79 Å². The van der Waals surface area contributed by atoms with Crippen molar-refractivity contribution < 1.29 is 4.79 Å². The smallest absolute Gasteiger partial charge is 0.237 e. The Morgan fingerprint density at radius 1 is 1.44 bits per heavy atom. The van der Waals surface area contributed by atoms with Crippen LogP contribution in [0.5, 0.6) is 0 Å². The third-order valence-electron chi connectivity index (χ3n) is 2.99. The van der Waals surface area contributed by atoms with Crippen LogP contribution in [0, 0.1) is 17.2 Å². The molecule has 0 aliphatic carbocycles. The van der Waals surface area contributed by atoms with Crippen molar-refractivity contribution in [2.75, 3.05) is 20.1 Å². The molecule has 0 heterocycles. The van der Waals surface area contributed by atoms with Crippen LogP contribution >= 0.6 is 0 Å². The summed E-state index contributed by atoms with van der Waals surface area (Å²) in [5.74, 6) is -0.656. The average molecular weight is 225 g/mol. The Morgan fingerprint density at radius 2 is 2.06 bits per heavy atom. The summed E-state index contributed by atoms with van der Waals surface area (Å²) >= 11 is 0. The molecule has 1 N–H and O–H groups in total. The Bertz CT molecular complexity index is 247. The van der Waals surface area contributed by atoms with Crippen LogP contribution < -0.4 is 5.32 Å². The minimum absolute atomic E-state index is 0.150. The summed E-state index contributed by atoms with van der Waals surface area (Å²) in [4.78, 5) is 13.7. The summed E-state index contributed by atoms with van der Waals surface area (Å²) in [7, 11) is 2.04. The third-order valence-corrected chi connectivity index (χ3v) is 2.99. The van der Waals surface area contributed by atoms with Gasteiger partial charge in [-0.15, -0.1) is 0 Å². The zero-order chi connectivity index (χ0) is 12.6. The Balaban J connectivity index is 3.82. The van der Waals surface area contributed by atoms with Gasteiger partial charge >= 0.3 is 0 Å². The quantitative estimate of drug-likeness (QED) is 0.712. The first-order valence-corrected chi connectivity index (χ1v) is 5.94. The van der Waals surface area contributed by atoms with E-state index >= 15 is 0 Å². The lowest BCUT2D eigenvalue weighted by Crippen LogP contribution is -2.38. The van der Waals surface area contributed by atoms with E-state index in [1.807, 2.05) is 20.0 Å². The molecule has 1 amide bonds. The molecule has 92 valence electrons. The van der Waals surface area contributed by atoms with Crippen LogP contribution in [0.3, 0.4) is 0 Å². The molecular formula is C12H23N3O. The summed E-state index contributed by atoms with van der Waals surface area (Å²) in [5.41, 5.74) is 0. The number of carbonyl (C=O) groups excluding carboxylic acids is 1. The van der Waals surface area contributed by atoms with Crippen molar-refractivity contribution in [3.05, 3.63) is 0 Å². The number of hydrogen-bond donors (Lipinski definition) is 1. The van der Waals surface area contributed by atoms with Gasteiger partial charge in [0.05, 0.1) is 6.07 Å². The van der Waals surface area contributed by atoms with Crippen molar-refractivity contribution in [3.63, 3.8) is 0 Å². The molecule has 0 aliphatic heterocycles. The monoisotopic (exact) mass is 225 g/mol. The van der Waals surface area contributed by atoms with E-state index in [-0.39, 0.29) is 5.91 Å². The normalized spacial score (nSPS) is 14.2. The summed E-state index contributed by atoms with van der Waals surface area (Å²) in [6, 6.07) is 2.52. The molecule has 4 heteroatoms. The molecule has 0 saturated heterocycles. The van der Waals surface area contributed by atoms with E-state index in [2.05, 4.69) is 24.1 Å². The Morgan fingerprint density at radius 3 is 2.50 bits per heavy atom. The highest BCUT2D eigenvalue weighted by Crippen LogP contribution is 2.01. The number of amides is 1. The lowest BCUT2D eigenvalue weighted by molar-refractivity contribution is -0.123. The zero-order valence-corrected chi connectivity index (χ0v) is 10.8. The average Bonchev–Trinajstić information content (AvgIpc) is 2.29. The van der Waals surface area contributed by atoms with Crippen LogP contribution in [0.2, 0.25) is 0 Å². The topological polar surface area (TPSA) is 56.1 Å². The fourth-order valence-electron chi connectivity index (χ4n) is 1.35. The first-order chi connectivity index (χ1) is 7.56. The molecule has 0 aliphatic rings. The maximum absolute atomic E-state index is 11.5. The van der Waals surface area contributed by atoms with Crippen molar-refractivity contribution in [2.24, 2.45) is 5.92 Å². The Kier molecular flexibility index (Phi) is 7.57. The van der Waals surface area contributed by atoms with Gasteiger partial charge < -0.3 is 10.2 Å². The number of carbonyl (C=O) groups is 1. The van der Waals surface area contributed by atoms with Gasteiger partial charge in [0.25, 0.3) is 0 Å². The van der Waals surface area contributed by atoms with E-state index in [1.54, 1.807) is 0 Å². The molecule has 4 nitrogen and oxygen atoms in total. The van der Waals surface area contributed by atoms with Crippen LogP contribution in [0.1, 0.15) is 33.6 Å². The summed E-state index contributed by atoms with van der Waals surface area (Å²) in [6.07, 6.45) is 1.67. The predicted octanol–water partition coefficient (Wildman–Crippen LogP) is 1.38. The Hall–Kier alpha value is -1.08. The van der Waals surface area contributed by atoms with Gasteiger partial charge in [-0.2, -0.15) is 5.26 Å². The van der Waals surface area contributed by atoms with E-state index < -0.39 is 5.92 Å². The predicted molar refractivity (Wildman–Crippen MR) is 64.8 cm³/mol.